The Balaban J connectivity index is 2.45. The van der Waals surface area contributed by atoms with Gasteiger partial charge in [-0.15, -0.1) is 11.3 Å². The van der Waals surface area contributed by atoms with E-state index in [2.05, 4.69) is 5.32 Å². The van der Waals surface area contributed by atoms with Gasteiger partial charge in [0.05, 0.1) is 10.4 Å². The first-order valence-corrected chi connectivity index (χ1v) is 6.50. The monoisotopic (exact) mass is 269 g/mol. The third-order valence-corrected chi connectivity index (χ3v) is 4.00. The van der Waals surface area contributed by atoms with E-state index in [1.54, 1.807) is 19.1 Å². The third kappa shape index (κ3) is 2.51. The molecule has 17 heavy (non-hydrogen) atoms. The maximum atomic E-state index is 14.1. The van der Waals surface area contributed by atoms with Crippen LogP contribution in [0.5, 0.6) is 0 Å². The molecule has 90 valence electrons. The number of hydrogen-bond acceptors (Lipinski definition) is 2. The van der Waals surface area contributed by atoms with Crippen molar-refractivity contribution in [3.05, 3.63) is 56.5 Å². The minimum atomic E-state index is -0.156. The van der Waals surface area contributed by atoms with Crippen LogP contribution in [0.4, 0.5) is 4.39 Å². The van der Waals surface area contributed by atoms with Crippen LogP contribution in [0.3, 0.4) is 0 Å². The normalized spacial score (nSPS) is 12.7. The van der Waals surface area contributed by atoms with Crippen LogP contribution in [0.2, 0.25) is 4.34 Å². The summed E-state index contributed by atoms with van der Waals surface area (Å²) >= 11 is 7.38. The maximum Gasteiger partial charge on any atom is 0.131 e. The number of benzene rings is 1. The van der Waals surface area contributed by atoms with Gasteiger partial charge in [0.1, 0.15) is 5.82 Å². The van der Waals surface area contributed by atoms with Crippen molar-refractivity contribution < 1.29 is 4.39 Å². The Morgan fingerprint density at radius 3 is 2.65 bits per heavy atom. The summed E-state index contributed by atoms with van der Waals surface area (Å²) in [5.74, 6) is -0.156. The van der Waals surface area contributed by atoms with Gasteiger partial charge in [-0.05, 0) is 31.7 Å². The van der Waals surface area contributed by atoms with Crippen molar-refractivity contribution in [3.63, 3.8) is 0 Å². The number of rotatable bonds is 3. The van der Waals surface area contributed by atoms with Crippen LogP contribution in [-0.2, 0) is 0 Å². The lowest BCUT2D eigenvalue weighted by atomic mass is 10.0. The summed E-state index contributed by atoms with van der Waals surface area (Å²) in [5.41, 5.74) is 1.32. The Bertz CT molecular complexity index is 524. The lowest BCUT2D eigenvalue weighted by Crippen LogP contribution is -2.18. The van der Waals surface area contributed by atoms with E-state index >= 15 is 0 Å². The Hall–Kier alpha value is -0.900. The second-order valence-corrected chi connectivity index (χ2v) is 5.59. The van der Waals surface area contributed by atoms with Crippen LogP contribution < -0.4 is 5.32 Å². The van der Waals surface area contributed by atoms with Crippen molar-refractivity contribution in [1.29, 1.82) is 0 Å². The van der Waals surface area contributed by atoms with E-state index in [1.165, 1.54) is 11.3 Å². The molecule has 1 nitrogen and oxygen atoms in total. The maximum absolute atomic E-state index is 14.1. The van der Waals surface area contributed by atoms with Gasteiger partial charge in [-0.3, -0.25) is 0 Å². The van der Waals surface area contributed by atoms with Gasteiger partial charge < -0.3 is 5.32 Å². The summed E-state index contributed by atoms with van der Waals surface area (Å²) in [6, 6.07) is 9.06. The second-order valence-electron chi connectivity index (χ2n) is 3.84. The molecule has 2 rings (SSSR count). The molecule has 0 aliphatic heterocycles. The Kier molecular flexibility index (Phi) is 3.82. The molecule has 0 spiro atoms. The summed E-state index contributed by atoms with van der Waals surface area (Å²) in [6.07, 6.45) is 0. The molecule has 1 heterocycles. The van der Waals surface area contributed by atoms with Crippen molar-refractivity contribution in [2.75, 3.05) is 7.05 Å². The zero-order valence-electron chi connectivity index (χ0n) is 9.63. The van der Waals surface area contributed by atoms with Crippen molar-refractivity contribution in [3.8, 4) is 0 Å². The quantitative estimate of drug-likeness (QED) is 0.882. The molecule has 1 atom stereocenters. The molecule has 0 fully saturated rings. The molecule has 0 radical (unpaired) electrons. The summed E-state index contributed by atoms with van der Waals surface area (Å²) in [6.45, 7) is 1.77. The zero-order chi connectivity index (χ0) is 12.4. The first-order chi connectivity index (χ1) is 8.13. The lowest BCUT2D eigenvalue weighted by Gasteiger charge is -2.16. The molecule has 1 aromatic carbocycles. The van der Waals surface area contributed by atoms with E-state index in [0.29, 0.717) is 15.5 Å². The van der Waals surface area contributed by atoms with Gasteiger partial charge in [-0.25, -0.2) is 4.39 Å². The van der Waals surface area contributed by atoms with Crippen molar-refractivity contribution in [2.24, 2.45) is 0 Å². The molecule has 1 N–H and O–H groups in total. The molecule has 0 amide bonds. The Morgan fingerprint density at radius 1 is 1.29 bits per heavy atom. The highest BCUT2D eigenvalue weighted by molar-refractivity contribution is 7.16. The molecular formula is C13H13ClFNS. The van der Waals surface area contributed by atoms with Gasteiger partial charge in [0.25, 0.3) is 0 Å². The van der Waals surface area contributed by atoms with Crippen molar-refractivity contribution in [1.82, 2.24) is 5.32 Å². The first-order valence-electron chi connectivity index (χ1n) is 5.31. The molecule has 1 aromatic heterocycles. The largest absolute Gasteiger partial charge is 0.309 e. The summed E-state index contributed by atoms with van der Waals surface area (Å²) in [7, 11) is 1.82. The van der Waals surface area contributed by atoms with E-state index in [4.69, 9.17) is 11.6 Å². The average Bonchev–Trinajstić information content (AvgIpc) is 2.72. The summed E-state index contributed by atoms with van der Waals surface area (Å²) in [5, 5.41) is 3.13. The van der Waals surface area contributed by atoms with Crippen LogP contribution in [0.25, 0.3) is 0 Å². The number of thiophene rings is 1. The van der Waals surface area contributed by atoms with E-state index in [0.717, 1.165) is 4.88 Å². The van der Waals surface area contributed by atoms with Gasteiger partial charge in [0.15, 0.2) is 0 Å². The fraction of sp³-hybridized carbons (Fsp3) is 0.231. The van der Waals surface area contributed by atoms with Crippen LogP contribution in [0, 0.1) is 12.7 Å². The standard InChI is InChI=1S/C13H13ClFNS/c1-8-4-3-5-9(12(8)15)13(16-2)10-6-7-11(14)17-10/h3-7,13,16H,1-2H3. The molecule has 0 bridgehead atoms. The predicted molar refractivity (Wildman–Crippen MR) is 71.4 cm³/mol. The Morgan fingerprint density at radius 2 is 2.06 bits per heavy atom. The zero-order valence-corrected chi connectivity index (χ0v) is 11.2. The first kappa shape index (κ1) is 12.6. The lowest BCUT2D eigenvalue weighted by molar-refractivity contribution is 0.572. The highest BCUT2D eigenvalue weighted by atomic mass is 35.5. The summed E-state index contributed by atoms with van der Waals surface area (Å²) in [4.78, 5) is 1.02. The van der Waals surface area contributed by atoms with E-state index in [9.17, 15) is 4.39 Å². The minimum Gasteiger partial charge on any atom is -0.309 e. The van der Waals surface area contributed by atoms with Crippen molar-refractivity contribution >= 4 is 22.9 Å². The Labute approximate surface area is 109 Å². The number of hydrogen-bond donors (Lipinski definition) is 1. The van der Waals surface area contributed by atoms with Gasteiger partial charge in [0, 0.05) is 10.4 Å². The highest BCUT2D eigenvalue weighted by Crippen LogP contribution is 2.32. The molecule has 0 aliphatic carbocycles. The van der Waals surface area contributed by atoms with Crippen LogP contribution in [0.1, 0.15) is 22.0 Å². The molecular weight excluding hydrogens is 257 g/mol. The van der Waals surface area contributed by atoms with E-state index in [-0.39, 0.29) is 11.9 Å². The molecule has 1 unspecified atom stereocenters. The number of aryl methyl sites for hydroxylation is 1. The molecule has 4 heteroatoms. The van der Waals surface area contributed by atoms with E-state index in [1.807, 2.05) is 25.2 Å². The number of nitrogens with one attached hydrogen (secondary N) is 1. The predicted octanol–water partition coefficient (Wildman–Crippen LogP) is 4.16. The van der Waals surface area contributed by atoms with Gasteiger partial charge in [0.2, 0.25) is 0 Å². The van der Waals surface area contributed by atoms with Crippen LogP contribution in [-0.4, -0.2) is 7.05 Å². The summed E-state index contributed by atoms with van der Waals surface area (Å²) < 4.78 is 14.8. The van der Waals surface area contributed by atoms with Gasteiger partial charge in [-0.2, -0.15) is 0 Å². The number of halogens is 2. The molecule has 2 aromatic rings. The fourth-order valence-electron chi connectivity index (χ4n) is 1.83. The van der Waals surface area contributed by atoms with Gasteiger partial charge >= 0.3 is 0 Å². The topological polar surface area (TPSA) is 12.0 Å². The molecule has 0 aliphatic rings. The minimum absolute atomic E-state index is 0.146. The van der Waals surface area contributed by atoms with Crippen molar-refractivity contribution in [2.45, 2.75) is 13.0 Å². The van der Waals surface area contributed by atoms with Crippen LogP contribution in [0.15, 0.2) is 30.3 Å². The highest BCUT2D eigenvalue weighted by Gasteiger charge is 2.18. The van der Waals surface area contributed by atoms with Crippen LogP contribution >= 0.6 is 22.9 Å². The SMILES string of the molecule is CNC(c1ccc(Cl)s1)c1cccc(C)c1F. The molecule has 0 saturated carbocycles. The fourth-order valence-corrected chi connectivity index (χ4v) is 3.02. The van der Waals surface area contributed by atoms with Gasteiger partial charge in [-0.1, -0.05) is 29.8 Å². The third-order valence-electron chi connectivity index (χ3n) is 2.70. The smallest absolute Gasteiger partial charge is 0.131 e. The second kappa shape index (κ2) is 5.17. The molecule has 0 saturated heterocycles. The van der Waals surface area contributed by atoms with E-state index < -0.39 is 0 Å². The average molecular weight is 270 g/mol.